The van der Waals surface area contributed by atoms with Crippen molar-refractivity contribution in [2.45, 2.75) is 44.6 Å². The van der Waals surface area contributed by atoms with Crippen LogP contribution < -0.4 is 0 Å². The largest absolute Gasteiger partial charge is 0.300 e. The smallest absolute Gasteiger partial charge is 0.0159 e. The summed E-state index contributed by atoms with van der Waals surface area (Å²) in [4.78, 5) is 2.71. The van der Waals surface area contributed by atoms with Crippen molar-refractivity contribution >= 4 is 27.7 Å². The summed E-state index contributed by atoms with van der Waals surface area (Å²) in [5.74, 6) is 1.31. The second kappa shape index (κ2) is 8.89. The van der Waals surface area contributed by atoms with Gasteiger partial charge in [0.05, 0.1) is 0 Å². The van der Waals surface area contributed by atoms with E-state index in [9.17, 15) is 0 Å². The van der Waals surface area contributed by atoms with E-state index in [0.717, 1.165) is 11.4 Å². The van der Waals surface area contributed by atoms with Crippen LogP contribution in [0.1, 0.15) is 38.5 Å². The number of rotatable bonds is 7. The van der Waals surface area contributed by atoms with Crippen molar-refractivity contribution < 1.29 is 0 Å². The SMILES string of the molecule is CSCCCN(CCBr)C1CCCCC1. The van der Waals surface area contributed by atoms with Crippen molar-refractivity contribution in [2.75, 3.05) is 30.4 Å². The molecule has 0 bridgehead atoms. The Labute approximate surface area is 107 Å². The van der Waals surface area contributed by atoms with Gasteiger partial charge in [-0.15, -0.1) is 0 Å². The topological polar surface area (TPSA) is 3.24 Å². The average Bonchev–Trinajstić information content (AvgIpc) is 2.29. The molecular weight excluding hydrogens is 270 g/mol. The van der Waals surface area contributed by atoms with Gasteiger partial charge in [0.25, 0.3) is 0 Å². The molecular formula is C12H24BrNS. The predicted octanol–water partition coefficient (Wildman–Crippen LogP) is 3.77. The first-order valence-electron chi connectivity index (χ1n) is 6.17. The molecule has 1 saturated carbocycles. The molecule has 1 fully saturated rings. The van der Waals surface area contributed by atoms with Gasteiger partial charge in [-0.1, -0.05) is 35.2 Å². The third kappa shape index (κ3) is 5.60. The van der Waals surface area contributed by atoms with E-state index in [1.807, 2.05) is 11.8 Å². The number of thioether (sulfide) groups is 1. The second-order valence-corrected chi connectivity index (χ2v) is 6.14. The van der Waals surface area contributed by atoms with Gasteiger partial charge < -0.3 is 0 Å². The molecule has 0 saturated heterocycles. The van der Waals surface area contributed by atoms with Gasteiger partial charge in [0.2, 0.25) is 0 Å². The van der Waals surface area contributed by atoms with E-state index in [1.54, 1.807) is 0 Å². The van der Waals surface area contributed by atoms with E-state index < -0.39 is 0 Å². The third-order valence-corrected chi connectivity index (χ3v) is 4.31. The molecule has 0 aromatic rings. The zero-order valence-corrected chi connectivity index (χ0v) is 12.3. The lowest BCUT2D eigenvalue weighted by Gasteiger charge is -2.34. The Hall–Kier alpha value is 0.790. The Morgan fingerprint density at radius 3 is 2.53 bits per heavy atom. The van der Waals surface area contributed by atoms with Gasteiger partial charge in [-0.3, -0.25) is 4.90 Å². The van der Waals surface area contributed by atoms with Crippen molar-refractivity contribution in [2.24, 2.45) is 0 Å². The highest BCUT2D eigenvalue weighted by Gasteiger charge is 2.19. The summed E-state index contributed by atoms with van der Waals surface area (Å²) >= 11 is 5.55. The molecule has 0 heterocycles. The van der Waals surface area contributed by atoms with E-state index in [-0.39, 0.29) is 0 Å². The summed E-state index contributed by atoms with van der Waals surface area (Å²) in [7, 11) is 0. The summed E-state index contributed by atoms with van der Waals surface area (Å²) in [6.07, 6.45) is 10.8. The average molecular weight is 294 g/mol. The Morgan fingerprint density at radius 2 is 1.93 bits per heavy atom. The maximum Gasteiger partial charge on any atom is 0.0159 e. The Bertz CT molecular complexity index is 149. The van der Waals surface area contributed by atoms with Gasteiger partial charge in [-0.25, -0.2) is 0 Å². The molecule has 0 atom stereocenters. The van der Waals surface area contributed by atoms with Crippen molar-refractivity contribution in [3.8, 4) is 0 Å². The quantitative estimate of drug-likeness (QED) is 0.519. The minimum atomic E-state index is 0.887. The van der Waals surface area contributed by atoms with Crippen LogP contribution in [0.3, 0.4) is 0 Å². The van der Waals surface area contributed by atoms with Crippen LogP contribution in [0, 0.1) is 0 Å². The molecule has 0 aliphatic heterocycles. The van der Waals surface area contributed by atoms with Crippen LogP contribution in [0.5, 0.6) is 0 Å². The number of halogens is 1. The monoisotopic (exact) mass is 293 g/mol. The minimum Gasteiger partial charge on any atom is -0.300 e. The summed E-state index contributed by atoms with van der Waals surface area (Å²) in [5, 5.41) is 1.13. The molecule has 15 heavy (non-hydrogen) atoms. The van der Waals surface area contributed by atoms with Crippen molar-refractivity contribution in [1.29, 1.82) is 0 Å². The van der Waals surface area contributed by atoms with E-state index in [1.165, 1.54) is 57.4 Å². The van der Waals surface area contributed by atoms with E-state index in [4.69, 9.17) is 0 Å². The third-order valence-electron chi connectivity index (χ3n) is 3.26. The summed E-state index contributed by atoms with van der Waals surface area (Å²) in [6.45, 7) is 2.54. The molecule has 1 aliphatic rings. The van der Waals surface area contributed by atoms with Crippen molar-refractivity contribution in [3.63, 3.8) is 0 Å². The first-order valence-corrected chi connectivity index (χ1v) is 8.69. The molecule has 0 amide bonds. The molecule has 0 spiro atoms. The van der Waals surface area contributed by atoms with Crippen LogP contribution in [0.2, 0.25) is 0 Å². The zero-order valence-electron chi connectivity index (χ0n) is 9.88. The first-order chi connectivity index (χ1) is 7.38. The molecule has 3 heteroatoms. The molecule has 0 unspecified atom stereocenters. The van der Waals surface area contributed by atoms with Gasteiger partial charge >= 0.3 is 0 Å². The molecule has 1 aliphatic carbocycles. The predicted molar refractivity (Wildman–Crippen MR) is 75.2 cm³/mol. The fraction of sp³-hybridized carbons (Fsp3) is 1.00. The first kappa shape index (κ1) is 13.9. The lowest BCUT2D eigenvalue weighted by atomic mass is 9.94. The normalized spacial score (nSPS) is 18.6. The number of alkyl halides is 1. The maximum atomic E-state index is 3.58. The molecule has 0 N–H and O–H groups in total. The van der Waals surface area contributed by atoms with Crippen LogP contribution in [0.15, 0.2) is 0 Å². The van der Waals surface area contributed by atoms with Gasteiger partial charge in [-0.2, -0.15) is 11.8 Å². The molecule has 1 rings (SSSR count). The van der Waals surface area contributed by atoms with Gasteiger partial charge in [0.15, 0.2) is 0 Å². The van der Waals surface area contributed by atoms with Crippen LogP contribution in [-0.2, 0) is 0 Å². The Morgan fingerprint density at radius 1 is 1.20 bits per heavy atom. The van der Waals surface area contributed by atoms with Crippen LogP contribution in [-0.4, -0.2) is 41.4 Å². The minimum absolute atomic E-state index is 0.887. The molecule has 90 valence electrons. The van der Waals surface area contributed by atoms with E-state index in [2.05, 4.69) is 27.1 Å². The number of hydrogen-bond acceptors (Lipinski definition) is 2. The number of hydrogen-bond donors (Lipinski definition) is 0. The standard InChI is InChI=1S/C12H24BrNS/c1-15-11-5-9-14(10-8-13)12-6-3-2-4-7-12/h12H,2-11H2,1H3. The lowest BCUT2D eigenvalue weighted by molar-refractivity contribution is 0.166. The fourth-order valence-electron chi connectivity index (χ4n) is 2.44. The number of nitrogens with zero attached hydrogens (tertiary/aromatic N) is 1. The maximum absolute atomic E-state index is 3.58. The lowest BCUT2D eigenvalue weighted by Crippen LogP contribution is -2.38. The molecule has 0 aromatic carbocycles. The molecule has 1 nitrogen and oxygen atoms in total. The summed E-state index contributed by atoms with van der Waals surface area (Å²) in [5.41, 5.74) is 0. The van der Waals surface area contributed by atoms with Crippen LogP contribution in [0.4, 0.5) is 0 Å². The zero-order chi connectivity index (χ0) is 10.9. The highest BCUT2D eigenvalue weighted by molar-refractivity contribution is 9.09. The van der Waals surface area contributed by atoms with Crippen LogP contribution in [0.25, 0.3) is 0 Å². The Balaban J connectivity index is 2.26. The van der Waals surface area contributed by atoms with E-state index in [0.29, 0.717) is 0 Å². The second-order valence-electron chi connectivity index (χ2n) is 4.36. The summed E-state index contributed by atoms with van der Waals surface area (Å²) in [6, 6.07) is 0.887. The summed E-state index contributed by atoms with van der Waals surface area (Å²) < 4.78 is 0. The van der Waals surface area contributed by atoms with Gasteiger partial charge in [0, 0.05) is 17.9 Å². The highest BCUT2D eigenvalue weighted by atomic mass is 79.9. The van der Waals surface area contributed by atoms with Gasteiger partial charge in [0.1, 0.15) is 0 Å². The van der Waals surface area contributed by atoms with Crippen LogP contribution >= 0.6 is 27.7 Å². The molecule has 0 radical (unpaired) electrons. The Kier molecular flexibility index (Phi) is 8.21. The highest BCUT2D eigenvalue weighted by Crippen LogP contribution is 2.22. The van der Waals surface area contributed by atoms with Gasteiger partial charge in [-0.05, 0) is 37.8 Å². The van der Waals surface area contributed by atoms with Crippen molar-refractivity contribution in [3.05, 3.63) is 0 Å². The molecule has 0 aromatic heterocycles. The van der Waals surface area contributed by atoms with Crippen molar-refractivity contribution in [1.82, 2.24) is 4.90 Å². The van der Waals surface area contributed by atoms with E-state index >= 15 is 0 Å². The fourth-order valence-corrected chi connectivity index (χ4v) is 3.32.